The predicted octanol–water partition coefficient (Wildman–Crippen LogP) is 3.10. The molecule has 0 aliphatic heterocycles. The summed E-state index contributed by atoms with van der Waals surface area (Å²) in [6.07, 6.45) is -0.465. The molecule has 94 valence electrons. The number of amides is 1. The first-order chi connectivity index (χ1) is 7.90. The molecule has 1 rings (SSSR count). The van der Waals surface area contributed by atoms with Crippen molar-refractivity contribution in [2.45, 2.75) is 33.3 Å². The minimum absolute atomic E-state index is 0.0884. The largest absolute Gasteiger partial charge is 0.392 e. The van der Waals surface area contributed by atoms with Crippen molar-refractivity contribution in [2.24, 2.45) is 5.92 Å². The molecular formula is C13H18BrNO2. The van der Waals surface area contributed by atoms with Gasteiger partial charge in [-0.3, -0.25) is 4.79 Å². The van der Waals surface area contributed by atoms with Crippen LogP contribution < -0.4 is 5.32 Å². The second-order valence-electron chi connectivity index (χ2n) is 4.53. The minimum atomic E-state index is -0.594. The van der Waals surface area contributed by atoms with Gasteiger partial charge in [-0.25, -0.2) is 0 Å². The van der Waals surface area contributed by atoms with E-state index >= 15 is 0 Å². The van der Waals surface area contributed by atoms with Gasteiger partial charge in [-0.15, -0.1) is 0 Å². The molecule has 0 aliphatic rings. The quantitative estimate of drug-likeness (QED) is 0.897. The Morgan fingerprint density at radius 1 is 1.47 bits per heavy atom. The first-order valence-electron chi connectivity index (χ1n) is 5.64. The summed E-state index contributed by atoms with van der Waals surface area (Å²) in [6, 6.07) is 5.63. The van der Waals surface area contributed by atoms with Gasteiger partial charge in [0, 0.05) is 10.2 Å². The maximum Gasteiger partial charge on any atom is 0.226 e. The molecule has 0 radical (unpaired) electrons. The van der Waals surface area contributed by atoms with Gasteiger partial charge in [0.05, 0.1) is 12.5 Å². The second kappa shape index (κ2) is 6.17. The summed E-state index contributed by atoms with van der Waals surface area (Å²) >= 11 is 3.41. The van der Waals surface area contributed by atoms with Crippen molar-refractivity contribution in [1.82, 2.24) is 0 Å². The van der Waals surface area contributed by atoms with Crippen LogP contribution in [0.5, 0.6) is 0 Å². The zero-order valence-electron chi connectivity index (χ0n) is 10.3. The average molecular weight is 300 g/mol. The van der Waals surface area contributed by atoms with Crippen LogP contribution in [0.3, 0.4) is 0 Å². The number of aliphatic hydroxyl groups is 1. The number of carbonyl (C=O) groups excluding carboxylic acids is 1. The third-order valence-corrected chi connectivity index (χ3v) is 3.47. The highest BCUT2D eigenvalue weighted by molar-refractivity contribution is 9.10. The monoisotopic (exact) mass is 299 g/mol. The lowest BCUT2D eigenvalue weighted by Crippen LogP contribution is -2.23. The molecule has 0 fully saturated rings. The number of aliphatic hydroxyl groups excluding tert-OH is 1. The molecule has 0 aromatic heterocycles. The number of anilines is 1. The number of aryl methyl sites for hydroxylation is 1. The normalized spacial score (nSPS) is 12.6. The molecule has 0 bridgehead atoms. The van der Waals surface area contributed by atoms with Crippen LogP contribution in [0, 0.1) is 12.8 Å². The van der Waals surface area contributed by atoms with E-state index in [1.165, 1.54) is 0 Å². The molecule has 0 saturated carbocycles. The smallest absolute Gasteiger partial charge is 0.226 e. The number of carbonyl (C=O) groups is 1. The fraction of sp³-hybridized carbons (Fsp3) is 0.462. The summed E-state index contributed by atoms with van der Waals surface area (Å²) in [5, 5.41) is 12.4. The fourth-order valence-corrected chi connectivity index (χ4v) is 1.69. The van der Waals surface area contributed by atoms with Crippen LogP contribution in [-0.2, 0) is 4.79 Å². The summed E-state index contributed by atoms with van der Waals surface area (Å²) in [4.78, 5) is 11.6. The van der Waals surface area contributed by atoms with E-state index in [2.05, 4.69) is 21.2 Å². The third-order valence-electron chi connectivity index (χ3n) is 2.62. The molecule has 0 aliphatic carbocycles. The minimum Gasteiger partial charge on any atom is -0.392 e. The lowest BCUT2D eigenvalue weighted by Gasteiger charge is -2.14. The zero-order chi connectivity index (χ0) is 13.0. The van der Waals surface area contributed by atoms with Crippen LogP contribution in [0.1, 0.15) is 25.8 Å². The van der Waals surface area contributed by atoms with E-state index in [0.29, 0.717) is 0 Å². The fourth-order valence-electron chi connectivity index (χ4n) is 1.31. The maximum absolute atomic E-state index is 11.6. The van der Waals surface area contributed by atoms with Crippen molar-refractivity contribution in [3.8, 4) is 0 Å². The van der Waals surface area contributed by atoms with E-state index in [9.17, 15) is 9.90 Å². The van der Waals surface area contributed by atoms with Crippen LogP contribution in [0.2, 0.25) is 0 Å². The molecule has 2 N–H and O–H groups in total. The Balaban J connectivity index is 2.59. The van der Waals surface area contributed by atoms with E-state index in [1.807, 2.05) is 39.0 Å². The predicted molar refractivity (Wildman–Crippen MR) is 73.0 cm³/mol. The SMILES string of the molecule is Cc1ccc(NC(=O)CC(O)C(C)C)cc1Br. The van der Waals surface area contributed by atoms with E-state index in [-0.39, 0.29) is 18.2 Å². The average Bonchev–Trinajstić information content (AvgIpc) is 2.23. The number of nitrogens with one attached hydrogen (secondary N) is 1. The molecule has 1 atom stereocenters. The van der Waals surface area contributed by atoms with Gasteiger partial charge in [0.1, 0.15) is 0 Å². The Kier molecular flexibility index (Phi) is 5.15. The van der Waals surface area contributed by atoms with Crippen LogP contribution in [0.15, 0.2) is 22.7 Å². The van der Waals surface area contributed by atoms with Gasteiger partial charge >= 0.3 is 0 Å². The summed E-state index contributed by atoms with van der Waals surface area (Å²) < 4.78 is 0.958. The highest BCUT2D eigenvalue weighted by Crippen LogP contribution is 2.20. The number of hydrogen-bond donors (Lipinski definition) is 2. The summed E-state index contributed by atoms with van der Waals surface area (Å²) in [5.41, 5.74) is 1.86. The molecule has 17 heavy (non-hydrogen) atoms. The lowest BCUT2D eigenvalue weighted by atomic mass is 10.0. The highest BCUT2D eigenvalue weighted by atomic mass is 79.9. The molecule has 1 aromatic carbocycles. The van der Waals surface area contributed by atoms with Gasteiger partial charge in [0.25, 0.3) is 0 Å². The van der Waals surface area contributed by atoms with Crippen molar-refractivity contribution >= 4 is 27.5 Å². The molecule has 0 heterocycles. The Morgan fingerprint density at radius 2 is 2.12 bits per heavy atom. The van der Waals surface area contributed by atoms with E-state index in [0.717, 1.165) is 15.7 Å². The van der Waals surface area contributed by atoms with E-state index in [1.54, 1.807) is 0 Å². The summed E-state index contributed by atoms with van der Waals surface area (Å²) in [6.45, 7) is 5.76. The number of halogens is 1. The Morgan fingerprint density at radius 3 is 2.65 bits per heavy atom. The maximum atomic E-state index is 11.6. The van der Waals surface area contributed by atoms with Crippen LogP contribution in [0.4, 0.5) is 5.69 Å². The van der Waals surface area contributed by atoms with Gasteiger partial charge in [-0.05, 0) is 30.5 Å². The topological polar surface area (TPSA) is 49.3 Å². The van der Waals surface area contributed by atoms with Gasteiger partial charge in [-0.2, -0.15) is 0 Å². The Hall–Kier alpha value is -0.870. The second-order valence-corrected chi connectivity index (χ2v) is 5.38. The van der Waals surface area contributed by atoms with Gasteiger partial charge < -0.3 is 10.4 Å². The van der Waals surface area contributed by atoms with Crippen molar-refractivity contribution in [1.29, 1.82) is 0 Å². The first kappa shape index (κ1) is 14.2. The molecule has 0 saturated heterocycles. The lowest BCUT2D eigenvalue weighted by molar-refractivity contribution is -0.118. The van der Waals surface area contributed by atoms with Crippen LogP contribution in [0.25, 0.3) is 0 Å². The zero-order valence-corrected chi connectivity index (χ0v) is 11.9. The molecule has 4 heteroatoms. The van der Waals surface area contributed by atoms with Crippen molar-refractivity contribution in [2.75, 3.05) is 5.32 Å². The van der Waals surface area contributed by atoms with Gasteiger partial charge in [0.2, 0.25) is 5.91 Å². The van der Waals surface area contributed by atoms with E-state index in [4.69, 9.17) is 0 Å². The molecule has 1 amide bonds. The molecule has 0 spiro atoms. The van der Waals surface area contributed by atoms with Gasteiger partial charge in [0.15, 0.2) is 0 Å². The number of hydrogen-bond acceptors (Lipinski definition) is 2. The molecule has 1 unspecified atom stereocenters. The van der Waals surface area contributed by atoms with Crippen LogP contribution >= 0.6 is 15.9 Å². The van der Waals surface area contributed by atoms with Crippen molar-refractivity contribution in [3.63, 3.8) is 0 Å². The standard InChI is InChI=1S/C13H18BrNO2/c1-8(2)12(16)7-13(17)15-10-5-4-9(3)11(14)6-10/h4-6,8,12,16H,7H2,1-3H3,(H,15,17). The summed E-state index contributed by atoms with van der Waals surface area (Å²) in [7, 11) is 0. The third kappa shape index (κ3) is 4.48. The van der Waals surface area contributed by atoms with Crippen LogP contribution in [-0.4, -0.2) is 17.1 Å². The number of benzene rings is 1. The van der Waals surface area contributed by atoms with Gasteiger partial charge in [-0.1, -0.05) is 35.8 Å². The first-order valence-corrected chi connectivity index (χ1v) is 6.43. The van der Waals surface area contributed by atoms with E-state index < -0.39 is 6.10 Å². The Bertz CT molecular complexity index is 404. The Labute approximate surface area is 110 Å². The van der Waals surface area contributed by atoms with Crippen molar-refractivity contribution < 1.29 is 9.90 Å². The number of rotatable bonds is 4. The molecule has 1 aromatic rings. The molecule has 3 nitrogen and oxygen atoms in total. The molecular weight excluding hydrogens is 282 g/mol. The van der Waals surface area contributed by atoms with Crippen molar-refractivity contribution in [3.05, 3.63) is 28.2 Å². The highest BCUT2D eigenvalue weighted by Gasteiger charge is 2.14. The summed E-state index contributed by atoms with van der Waals surface area (Å²) in [5.74, 6) is -0.0764.